The van der Waals surface area contributed by atoms with Gasteiger partial charge in [-0.2, -0.15) is 0 Å². The fourth-order valence-electron chi connectivity index (χ4n) is 2.04. The van der Waals surface area contributed by atoms with Crippen LogP contribution in [-0.2, 0) is 4.74 Å². The molecule has 25 heavy (non-hydrogen) atoms. The average Bonchev–Trinajstić information content (AvgIpc) is 2.54. The average molecular weight is 339 g/mol. The van der Waals surface area contributed by atoms with Crippen LogP contribution < -0.4 is 5.32 Å². The molecule has 0 atom stereocenters. The topological polar surface area (TPSA) is 75.6 Å². The Hall–Kier alpha value is -3.08. The smallest absolute Gasteiger partial charge is 0.412 e. The first-order valence-corrected chi connectivity index (χ1v) is 7.85. The monoisotopic (exact) mass is 339 g/mol. The third-order valence-corrected chi connectivity index (χ3v) is 3.15. The summed E-state index contributed by atoms with van der Waals surface area (Å²) in [5.74, 6) is -0.424. The lowest BCUT2D eigenvalue weighted by Gasteiger charge is -2.19. The molecule has 0 saturated heterocycles. The van der Waals surface area contributed by atoms with E-state index < -0.39 is 11.7 Å². The molecule has 0 spiro atoms. The van der Waals surface area contributed by atoms with Crippen molar-refractivity contribution in [3.05, 3.63) is 71.8 Å². The first kappa shape index (κ1) is 18.3. The number of aliphatic hydroxyl groups is 1. The molecule has 2 N–H and O–H groups in total. The highest BCUT2D eigenvalue weighted by Gasteiger charge is 2.16. The van der Waals surface area contributed by atoms with Crippen molar-refractivity contribution < 1.29 is 19.4 Å². The predicted molar refractivity (Wildman–Crippen MR) is 97.7 cm³/mol. The van der Waals surface area contributed by atoms with Crippen LogP contribution in [0.25, 0.3) is 5.76 Å². The van der Waals surface area contributed by atoms with Crippen molar-refractivity contribution in [3.63, 3.8) is 0 Å². The molecule has 130 valence electrons. The summed E-state index contributed by atoms with van der Waals surface area (Å²) < 4.78 is 5.17. The van der Waals surface area contributed by atoms with Gasteiger partial charge in [0.05, 0.1) is 0 Å². The standard InChI is InChI=1S/C20H21NO4/c1-20(2,3)25-19(24)21-16-11-9-15(10-12-16)18(23)13-17(22)14-7-5-4-6-8-14/h4-13,23H,1-3H3,(H,21,24)/b18-13-. The van der Waals surface area contributed by atoms with E-state index in [4.69, 9.17) is 4.74 Å². The first-order valence-electron chi connectivity index (χ1n) is 7.85. The summed E-state index contributed by atoms with van der Waals surface area (Å²) >= 11 is 0. The van der Waals surface area contributed by atoms with Crippen molar-refractivity contribution in [2.24, 2.45) is 0 Å². The molecule has 0 fully saturated rings. The van der Waals surface area contributed by atoms with Crippen LogP contribution in [0.4, 0.5) is 10.5 Å². The van der Waals surface area contributed by atoms with Gasteiger partial charge in [0, 0.05) is 22.9 Å². The summed E-state index contributed by atoms with van der Waals surface area (Å²) in [6.07, 6.45) is 0.616. The van der Waals surface area contributed by atoms with Crippen LogP contribution in [0.15, 0.2) is 60.7 Å². The van der Waals surface area contributed by atoms with Crippen LogP contribution in [0.5, 0.6) is 0 Å². The molecule has 2 aromatic rings. The molecule has 2 rings (SSSR count). The van der Waals surface area contributed by atoms with Crippen LogP contribution in [0.3, 0.4) is 0 Å². The van der Waals surface area contributed by atoms with Gasteiger partial charge >= 0.3 is 6.09 Å². The number of carbonyl (C=O) groups is 2. The Labute approximate surface area is 146 Å². The van der Waals surface area contributed by atoms with Gasteiger partial charge in [-0.3, -0.25) is 10.1 Å². The lowest BCUT2D eigenvalue weighted by Crippen LogP contribution is -2.27. The van der Waals surface area contributed by atoms with Crippen molar-refractivity contribution in [3.8, 4) is 0 Å². The van der Waals surface area contributed by atoms with Crippen molar-refractivity contribution >= 4 is 23.3 Å². The zero-order chi connectivity index (χ0) is 18.4. The van der Waals surface area contributed by atoms with Gasteiger partial charge in [-0.1, -0.05) is 30.3 Å². The van der Waals surface area contributed by atoms with Crippen LogP contribution in [0.2, 0.25) is 0 Å². The minimum atomic E-state index is -0.581. The van der Waals surface area contributed by atoms with E-state index >= 15 is 0 Å². The zero-order valence-corrected chi connectivity index (χ0v) is 14.4. The summed E-state index contributed by atoms with van der Waals surface area (Å²) in [4.78, 5) is 23.8. The summed E-state index contributed by atoms with van der Waals surface area (Å²) in [5.41, 5.74) is 0.916. The number of hydrogen-bond donors (Lipinski definition) is 2. The van der Waals surface area contributed by atoms with E-state index in [9.17, 15) is 14.7 Å². The molecule has 0 aliphatic carbocycles. The van der Waals surface area contributed by atoms with Crippen molar-refractivity contribution in [1.29, 1.82) is 0 Å². The molecule has 0 aliphatic rings. The Morgan fingerprint density at radius 1 is 0.960 bits per heavy atom. The van der Waals surface area contributed by atoms with Crippen LogP contribution in [0, 0.1) is 0 Å². The van der Waals surface area contributed by atoms with E-state index in [0.717, 1.165) is 0 Å². The molecule has 0 heterocycles. The summed E-state index contributed by atoms with van der Waals surface area (Å²) in [6, 6.07) is 15.2. The fourth-order valence-corrected chi connectivity index (χ4v) is 2.04. The van der Waals surface area contributed by atoms with E-state index in [1.54, 1.807) is 69.3 Å². The zero-order valence-electron chi connectivity index (χ0n) is 14.4. The Balaban J connectivity index is 2.05. The van der Waals surface area contributed by atoms with Crippen LogP contribution >= 0.6 is 0 Å². The lowest BCUT2D eigenvalue weighted by molar-refractivity contribution is 0.0635. The molecule has 0 unspecified atom stereocenters. The Bertz CT molecular complexity index is 772. The Morgan fingerprint density at radius 2 is 1.56 bits per heavy atom. The number of benzene rings is 2. The summed E-state index contributed by atoms with van der Waals surface area (Å²) in [7, 11) is 0. The third-order valence-electron chi connectivity index (χ3n) is 3.15. The molecule has 0 aliphatic heterocycles. The van der Waals surface area contributed by atoms with E-state index in [-0.39, 0.29) is 11.5 Å². The molecular weight excluding hydrogens is 318 g/mol. The second-order valence-electron chi connectivity index (χ2n) is 6.46. The second kappa shape index (κ2) is 7.66. The minimum Gasteiger partial charge on any atom is -0.507 e. The number of nitrogens with one attached hydrogen (secondary N) is 1. The summed E-state index contributed by atoms with van der Waals surface area (Å²) in [6.45, 7) is 5.34. The maximum Gasteiger partial charge on any atom is 0.412 e. The largest absolute Gasteiger partial charge is 0.507 e. The van der Waals surface area contributed by atoms with Gasteiger partial charge < -0.3 is 9.84 Å². The van der Waals surface area contributed by atoms with Crippen molar-refractivity contribution in [2.45, 2.75) is 26.4 Å². The molecular formula is C20H21NO4. The molecule has 0 saturated carbocycles. The first-order chi connectivity index (χ1) is 11.7. The van der Waals surface area contributed by atoms with Gasteiger partial charge in [-0.15, -0.1) is 0 Å². The molecule has 0 aromatic heterocycles. The van der Waals surface area contributed by atoms with Crippen LogP contribution in [-0.4, -0.2) is 22.6 Å². The maximum absolute atomic E-state index is 12.1. The van der Waals surface area contributed by atoms with Crippen LogP contribution in [0.1, 0.15) is 36.7 Å². The molecule has 1 amide bonds. The SMILES string of the molecule is CC(C)(C)OC(=O)Nc1ccc(/C(O)=C/C(=O)c2ccccc2)cc1. The number of allylic oxidation sites excluding steroid dienone is 1. The third kappa shape index (κ3) is 5.80. The Kier molecular flexibility index (Phi) is 5.60. The molecule has 5 heteroatoms. The highest BCUT2D eigenvalue weighted by atomic mass is 16.6. The quantitative estimate of drug-likeness (QED) is 0.476. The highest BCUT2D eigenvalue weighted by Crippen LogP contribution is 2.17. The number of aliphatic hydroxyl groups excluding tert-OH is 1. The van der Waals surface area contributed by atoms with E-state index in [0.29, 0.717) is 16.8 Å². The molecule has 5 nitrogen and oxygen atoms in total. The number of amides is 1. The number of ether oxygens (including phenoxy) is 1. The number of carbonyl (C=O) groups excluding carboxylic acids is 2. The number of ketones is 1. The van der Waals surface area contributed by atoms with E-state index in [1.165, 1.54) is 6.08 Å². The number of hydrogen-bond acceptors (Lipinski definition) is 4. The normalized spacial score (nSPS) is 11.7. The number of rotatable bonds is 4. The summed E-state index contributed by atoms with van der Waals surface area (Å²) in [5, 5.41) is 12.7. The second-order valence-corrected chi connectivity index (χ2v) is 6.46. The highest BCUT2D eigenvalue weighted by molar-refractivity contribution is 6.07. The van der Waals surface area contributed by atoms with E-state index in [1.807, 2.05) is 6.07 Å². The minimum absolute atomic E-state index is 0.141. The fraction of sp³-hybridized carbons (Fsp3) is 0.200. The molecule has 0 radical (unpaired) electrons. The van der Waals surface area contributed by atoms with Gasteiger partial charge in [0.25, 0.3) is 0 Å². The van der Waals surface area contributed by atoms with Gasteiger partial charge in [0.15, 0.2) is 5.78 Å². The maximum atomic E-state index is 12.1. The molecule has 0 bridgehead atoms. The van der Waals surface area contributed by atoms with Gasteiger partial charge in [-0.25, -0.2) is 4.79 Å². The van der Waals surface area contributed by atoms with Gasteiger partial charge in [0.1, 0.15) is 11.4 Å². The van der Waals surface area contributed by atoms with Crippen molar-refractivity contribution in [1.82, 2.24) is 0 Å². The van der Waals surface area contributed by atoms with Gasteiger partial charge in [0.2, 0.25) is 0 Å². The number of anilines is 1. The lowest BCUT2D eigenvalue weighted by atomic mass is 10.1. The predicted octanol–water partition coefficient (Wildman–Crippen LogP) is 4.82. The van der Waals surface area contributed by atoms with E-state index in [2.05, 4.69) is 5.32 Å². The van der Waals surface area contributed by atoms with Gasteiger partial charge in [-0.05, 0) is 45.0 Å². The molecule has 2 aromatic carbocycles. The van der Waals surface area contributed by atoms with Crippen molar-refractivity contribution in [2.75, 3.05) is 5.32 Å². The Morgan fingerprint density at radius 3 is 2.12 bits per heavy atom.